The van der Waals surface area contributed by atoms with Crippen molar-refractivity contribution in [2.45, 2.75) is 63.1 Å². The minimum Gasteiger partial charge on any atom is -0.462 e. The predicted molar refractivity (Wildman–Crippen MR) is 85.1 cm³/mol. The maximum Gasteiger partial charge on any atom is 0.228 e. The molecule has 1 saturated heterocycles. The summed E-state index contributed by atoms with van der Waals surface area (Å²) >= 11 is 0. The van der Waals surface area contributed by atoms with Gasteiger partial charge in [0.2, 0.25) is 6.29 Å². The third-order valence-corrected chi connectivity index (χ3v) is 4.88. The molecule has 2 aliphatic rings. The number of rotatable bonds is 4. The molecule has 0 amide bonds. The predicted octanol–water partition coefficient (Wildman–Crippen LogP) is 1.63. The number of ether oxygens (including phenoxy) is 2. The van der Waals surface area contributed by atoms with Crippen LogP contribution in [0.3, 0.4) is 0 Å². The first-order valence-corrected chi connectivity index (χ1v) is 8.55. The molecule has 1 aromatic carbocycles. The third-order valence-electron chi connectivity index (χ3n) is 4.88. The average Bonchev–Trinajstić information content (AvgIpc) is 2.58. The minimum absolute atomic E-state index is 0.0529. The van der Waals surface area contributed by atoms with Crippen molar-refractivity contribution in [2.75, 3.05) is 6.61 Å². The van der Waals surface area contributed by atoms with E-state index < -0.39 is 24.6 Å². The number of hydrogen-bond acceptors (Lipinski definition) is 5. The van der Waals surface area contributed by atoms with Gasteiger partial charge in [0.15, 0.2) is 0 Å². The average molecular weight is 322 g/mol. The molecule has 0 spiro atoms. The van der Waals surface area contributed by atoms with E-state index in [2.05, 4.69) is 0 Å². The lowest BCUT2D eigenvalue weighted by Gasteiger charge is -2.34. The lowest BCUT2D eigenvalue weighted by molar-refractivity contribution is -0.242. The summed E-state index contributed by atoms with van der Waals surface area (Å²) in [6.45, 7) is -0.0529. The zero-order valence-electron chi connectivity index (χ0n) is 13.3. The summed E-state index contributed by atoms with van der Waals surface area (Å²) in [5.41, 5.74) is 1.30. The van der Waals surface area contributed by atoms with E-state index in [1.807, 2.05) is 24.3 Å². The molecule has 0 bridgehead atoms. The van der Waals surface area contributed by atoms with Crippen molar-refractivity contribution in [2.24, 2.45) is 5.92 Å². The zero-order chi connectivity index (χ0) is 16.2. The van der Waals surface area contributed by atoms with E-state index in [1.165, 1.54) is 37.7 Å². The standard InChI is InChI=1S/C18H26O5/c19-15-11-22-18(17(21)16(15)20)23-14-8-6-13(7-9-14)10-12-4-2-1-3-5-12/h6-9,12,15-21H,1-5,10-11H2/t15-,16-,17+,18+/m0/s1. The molecule has 1 aliphatic carbocycles. The van der Waals surface area contributed by atoms with Crippen molar-refractivity contribution in [3.05, 3.63) is 29.8 Å². The van der Waals surface area contributed by atoms with Gasteiger partial charge in [-0.25, -0.2) is 0 Å². The maximum absolute atomic E-state index is 9.88. The van der Waals surface area contributed by atoms with Gasteiger partial charge in [-0.05, 0) is 30.0 Å². The van der Waals surface area contributed by atoms with Crippen LogP contribution >= 0.6 is 0 Å². The van der Waals surface area contributed by atoms with Crippen LogP contribution in [-0.4, -0.2) is 46.5 Å². The molecule has 0 aromatic heterocycles. The Hall–Kier alpha value is -1.14. The van der Waals surface area contributed by atoms with Gasteiger partial charge in [-0.1, -0.05) is 44.2 Å². The van der Waals surface area contributed by atoms with Crippen molar-refractivity contribution in [1.82, 2.24) is 0 Å². The lowest BCUT2D eigenvalue weighted by atomic mass is 9.85. The quantitative estimate of drug-likeness (QED) is 0.785. The first-order chi connectivity index (χ1) is 11.1. The summed E-state index contributed by atoms with van der Waals surface area (Å²) in [6.07, 6.45) is 3.25. The fraction of sp³-hybridized carbons (Fsp3) is 0.667. The fourth-order valence-corrected chi connectivity index (χ4v) is 3.45. The summed E-state index contributed by atoms with van der Waals surface area (Å²) in [5, 5.41) is 29.0. The number of benzene rings is 1. The molecule has 0 radical (unpaired) electrons. The second kappa shape index (κ2) is 7.62. The fourth-order valence-electron chi connectivity index (χ4n) is 3.45. The first-order valence-electron chi connectivity index (χ1n) is 8.55. The smallest absolute Gasteiger partial charge is 0.228 e. The van der Waals surface area contributed by atoms with Gasteiger partial charge in [-0.2, -0.15) is 0 Å². The van der Waals surface area contributed by atoms with E-state index in [4.69, 9.17) is 9.47 Å². The molecule has 23 heavy (non-hydrogen) atoms. The third kappa shape index (κ3) is 4.23. The molecule has 128 valence electrons. The van der Waals surface area contributed by atoms with Gasteiger partial charge in [-0.3, -0.25) is 0 Å². The van der Waals surface area contributed by atoms with Crippen LogP contribution in [-0.2, 0) is 11.2 Å². The molecule has 1 aromatic rings. The van der Waals surface area contributed by atoms with E-state index in [0.29, 0.717) is 5.75 Å². The molecule has 1 heterocycles. The van der Waals surface area contributed by atoms with Crippen LogP contribution in [0, 0.1) is 5.92 Å². The van der Waals surface area contributed by atoms with Gasteiger partial charge in [0, 0.05) is 0 Å². The highest BCUT2D eigenvalue weighted by Crippen LogP contribution is 2.28. The topological polar surface area (TPSA) is 79.2 Å². The van der Waals surface area contributed by atoms with Crippen molar-refractivity contribution < 1.29 is 24.8 Å². The summed E-state index contributed by atoms with van der Waals surface area (Å²) < 4.78 is 10.8. The SMILES string of the molecule is O[C@@H]1[C@@H](O)[C@@H](Oc2ccc(CC3CCCCC3)cc2)OC[C@@H]1O. The molecule has 4 atom stereocenters. The normalized spacial score (nSPS) is 32.7. The van der Waals surface area contributed by atoms with Gasteiger partial charge in [0.25, 0.3) is 0 Å². The van der Waals surface area contributed by atoms with Crippen LogP contribution in [0.2, 0.25) is 0 Å². The van der Waals surface area contributed by atoms with Crippen LogP contribution in [0.5, 0.6) is 5.75 Å². The molecule has 1 aliphatic heterocycles. The molecule has 3 N–H and O–H groups in total. The Labute approximate surface area is 136 Å². The highest BCUT2D eigenvalue weighted by molar-refractivity contribution is 5.27. The number of aliphatic hydroxyl groups excluding tert-OH is 3. The van der Waals surface area contributed by atoms with Crippen LogP contribution in [0.15, 0.2) is 24.3 Å². The first kappa shape index (κ1) is 16.7. The van der Waals surface area contributed by atoms with E-state index >= 15 is 0 Å². The Bertz CT molecular complexity index is 483. The highest BCUT2D eigenvalue weighted by atomic mass is 16.7. The Morgan fingerprint density at radius 3 is 2.35 bits per heavy atom. The van der Waals surface area contributed by atoms with Gasteiger partial charge >= 0.3 is 0 Å². The second-order valence-electron chi connectivity index (χ2n) is 6.72. The Kier molecular flexibility index (Phi) is 5.54. The number of aliphatic hydroxyl groups is 3. The van der Waals surface area contributed by atoms with Gasteiger partial charge in [0.1, 0.15) is 24.1 Å². The molecule has 5 nitrogen and oxygen atoms in total. The van der Waals surface area contributed by atoms with Crippen molar-refractivity contribution in [1.29, 1.82) is 0 Å². The molecule has 5 heteroatoms. The Balaban J connectivity index is 1.55. The van der Waals surface area contributed by atoms with Gasteiger partial charge in [0.05, 0.1) is 6.61 Å². The highest BCUT2D eigenvalue weighted by Gasteiger charge is 2.38. The molecule has 2 fully saturated rings. The monoisotopic (exact) mass is 322 g/mol. The molecule has 1 saturated carbocycles. The summed E-state index contributed by atoms with van der Waals surface area (Å²) in [7, 11) is 0. The largest absolute Gasteiger partial charge is 0.462 e. The van der Waals surface area contributed by atoms with Gasteiger partial charge < -0.3 is 24.8 Å². The van der Waals surface area contributed by atoms with E-state index in [-0.39, 0.29) is 6.61 Å². The lowest BCUT2D eigenvalue weighted by Crippen LogP contribution is -2.54. The van der Waals surface area contributed by atoms with Crippen LogP contribution < -0.4 is 4.74 Å². The maximum atomic E-state index is 9.88. The van der Waals surface area contributed by atoms with Crippen LogP contribution in [0.25, 0.3) is 0 Å². The summed E-state index contributed by atoms with van der Waals surface area (Å²) in [6, 6.07) is 7.83. The molecule has 0 unspecified atom stereocenters. The Morgan fingerprint density at radius 1 is 0.957 bits per heavy atom. The van der Waals surface area contributed by atoms with Crippen molar-refractivity contribution in [3.63, 3.8) is 0 Å². The summed E-state index contributed by atoms with van der Waals surface area (Å²) in [4.78, 5) is 0. The van der Waals surface area contributed by atoms with Crippen molar-refractivity contribution in [3.8, 4) is 5.75 Å². The second-order valence-corrected chi connectivity index (χ2v) is 6.72. The zero-order valence-corrected chi connectivity index (χ0v) is 13.3. The Morgan fingerprint density at radius 2 is 1.65 bits per heavy atom. The van der Waals surface area contributed by atoms with E-state index in [1.54, 1.807) is 0 Å². The van der Waals surface area contributed by atoms with E-state index in [9.17, 15) is 15.3 Å². The van der Waals surface area contributed by atoms with E-state index in [0.717, 1.165) is 12.3 Å². The van der Waals surface area contributed by atoms with Crippen LogP contribution in [0.4, 0.5) is 0 Å². The number of hydrogen-bond donors (Lipinski definition) is 3. The molecular formula is C18H26O5. The minimum atomic E-state index is -1.26. The van der Waals surface area contributed by atoms with Gasteiger partial charge in [-0.15, -0.1) is 0 Å². The van der Waals surface area contributed by atoms with Crippen molar-refractivity contribution >= 4 is 0 Å². The molecule has 3 rings (SSSR count). The van der Waals surface area contributed by atoms with Crippen LogP contribution in [0.1, 0.15) is 37.7 Å². The molecular weight excluding hydrogens is 296 g/mol. The summed E-state index contributed by atoms with van der Waals surface area (Å²) in [5.74, 6) is 1.38.